The molecule has 0 radical (unpaired) electrons. The average molecular weight is 187 g/mol. The third kappa shape index (κ3) is 1.75. The number of aromatic hydroxyl groups is 1. The Hall–Kier alpha value is -1.06. The number of aliphatic hydroxyl groups is 1. The Balaban J connectivity index is 3.05. The van der Waals surface area contributed by atoms with Crippen molar-refractivity contribution in [1.82, 2.24) is 0 Å². The van der Waals surface area contributed by atoms with Crippen LogP contribution in [0.5, 0.6) is 5.75 Å². The maximum Gasteiger partial charge on any atom is 0.188 e. The summed E-state index contributed by atoms with van der Waals surface area (Å²) in [4.78, 5) is 10.9. The van der Waals surface area contributed by atoms with Gasteiger partial charge in [0.15, 0.2) is 5.78 Å². The first-order valence-corrected chi connectivity index (χ1v) is 3.65. The molecule has 1 rings (SSSR count). The lowest BCUT2D eigenvalue weighted by Gasteiger charge is -1.99. The van der Waals surface area contributed by atoms with Gasteiger partial charge < -0.3 is 10.2 Å². The average Bonchev–Trinajstić information content (AvgIpc) is 2.08. The number of aliphatic hydroxyl groups excluding tert-OH is 1. The summed E-state index contributed by atoms with van der Waals surface area (Å²) in [7, 11) is 0. The van der Waals surface area contributed by atoms with Gasteiger partial charge in [-0.05, 0) is 18.2 Å². The largest absolute Gasteiger partial charge is 0.506 e. The second-order valence-corrected chi connectivity index (χ2v) is 2.65. The van der Waals surface area contributed by atoms with Gasteiger partial charge in [0.1, 0.15) is 12.4 Å². The molecule has 0 heterocycles. The first-order chi connectivity index (χ1) is 5.65. The molecule has 0 aliphatic heterocycles. The molecule has 4 heteroatoms. The summed E-state index contributed by atoms with van der Waals surface area (Å²) in [6.45, 7) is -0.568. The van der Waals surface area contributed by atoms with Crippen molar-refractivity contribution in [2.75, 3.05) is 6.61 Å². The number of benzene rings is 1. The summed E-state index contributed by atoms with van der Waals surface area (Å²) in [6.07, 6.45) is 0. The highest BCUT2D eigenvalue weighted by Gasteiger charge is 2.06. The quantitative estimate of drug-likeness (QED) is 0.683. The summed E-state index contributed by atoms with van der Waals surface area (Å²) in [5, 5.41) is 17.7. The Bertz CT molecular complexity index is 309. The number of hydrogen-bond donors (Lipinski definition) is 2. The van der Waals surface area contributed by atoms with E-state index in [-0.39, 0.29) is 16.3 Å². The summed E-state index contributed by atoms with van der Waals surface area (Å²) in [5.74, 6) is -0.599. The third-order valence-corrected chi connectivity index (χ3v) is 1.73. The molecule has 3 nitrogen and oxygen atoms in total. The summed E-state index contributed by atoms with van der Waals surface area (Å²) in [5.41, 5.74) is 0.249. The number of hydrogen-bond acceptors (Lipinski definition) is 3. The fraction of sp³-hybridized carbons (Fsp3) is 0.125. The standard InChI is InChI=1S/C8H7ClO3/c9-6-2-1-5(3-7(6)11)8(12)4-10/h1-3,10-11H,4H2. The topological polar surface area (TPSA) is 57.5 Å². The van der Waals surface area contributed by atoms with Gasteiger partial charge in [-0.15, -0.1) is 0 Å². The summed E-state index contributed by atoms with van der Waals surface area (Å²) >= 11 is 5.50. The van der Waals surface area contributed by atoms with Crippen LogP contribution in [0, 0.1) is 0 Å². The monoisotopic (exact) mass is 186 g/mol. The van der Waals surface area contributed by atoms with E-state index in [1.165, 1.54) is 18.2 Å². The number of rotatable bonds is 2. The summed E-state index contributed by atoms with van der Waals surface area (Å²) < 4.78 is 0. The zero-order valence-electron chi connectivity index (χ0n) is 6.12. The number of Topliss-reactive ketones (excluding diaryl/α,β-unsaturated/α-hetero) is 1. The van der Waals surface area contributed by atoms with Crippen LogP contribution in [0.4, 0.5) is 0 Å². The minimum absolute atomic E-state index is 0.157. The number of phenolic OH excluding ortho intramolecular Hbond substituents is 1. The predicted molar refractivity (Wildman–Crippen MR) is 44.5 cm³/mol. The fourth-order valence-corrected chi connectivity index (χ4v) is 0.895. The van der Waals surface area contributed by atoms with E-state index in [9.17, 15) is 4.79 Å². The number of carbonyl (C=O) groups excluding carboxylic acids is 1. The van der Waals surface area contributed by atoms with E-state index in [0.29, 0.717) is 0 Å². The Morgan fingerprint density at radius 2 is 2.17 bits per heavy atom. The Labute approximate surface area is 74.2 Å². The van der Waals surface area contributed by atoms with Crippen LogP contribution in [-0.2, 0) is 0 Å². The Morgan fingerprint density at radius 3 is 2.67 bits per heavy atom. The number of phenols is 1. The van der Waals surface area contributed by atoms with Gasteiger partial charge in [-0.1, -0.05) is 11.6 Å². The highest BCUT2D eigenvalue weighted by Crippen LogP contribution is 2.23. The van der Waals surface area contributed by atoms with Gasteiger partial charge in [0.25, 0.3) is 0 Å². The van der Waals surface area contributed by atoms with Crippen molar-refractivity contribution < 1.29 is 15.0 Å². The molecule has 12 heavy (non-hydrogen) atoms. The first-order valence-electron chi connectivity index (χ1n) is 3.27. The highest BCUT2D eigenvalue weighted by atomic mass is 35.5. The van der Waals surface area contributed by atoms with Crippen LogP contribution < -0.4 is 0 Å². The maximum atomic E-state index is 10.9. The van der Waals surface area contributed by atoms with Crippen LogP contribution in [0.3, 0.4) is 0 Å². The van der Waals surface area contributed by atoms with Gasteiger partial charge in [-0.3, -0.25) is 4.79 Å². The molecule has 0 amide bonds. The Morgan fingerprint density at radius 1 is 1.50 bits per heavy atom. The molecule has 1 aromatic rings. The molecule has 0 bridgehead atoms. The second-order valence-electron chi connectivity index (χ2n) is 2.25. The van der Waals surface area contributed by atoms with Crippen LogP contribution in [0.25, 0.3) is 0 Å². The minimum Gasteiger partial charge on any atom is -0.506 e. The van der Waals surface area contributed by atoms with Crippen molar-refractivity contribution in [3.8, 4) is 5.75 Å². The molecular formula is C8H7ClO3. The lowest BCUT2D eigenvalue weighted by Crippen LogP contribution is -2.03. The fourth-order valence-electron chi connectivity index (χ4n) is 0.777. The number of halogens is 1. The van der Waals surface area contributed by atoms with Gasteiger partial charge in [-0.2, -0.15) is 0 Å². The molecule has 0 saturated heterocycles. The van der Waals surface area contributed by atoms with E-state index in [0.717, 1.165) is 0 Å². The van der Waals surface area contributed by atoms with E-state index in [4.69, 9.17) is 21.8 Å². The van der Waals surface area contributed by atoms with Crippen LogP contribution in [-0.4, -0.2) is 22.6 Å². The normalized spacial score (nSPS) is 9.83. The van der Waals surface area contributed by atoms with Crippen LogP contribution in [0.1, 0.15) is 10.4 Å². The van der Waals surface area contributed by atoms with Crippen molar-refractivity contribution in [3.05, 3.63) is 28.8 Å². The molecule has 1 aromatic carbocycles. The first kappa shape index (κ1) is 9.03. The van der Waals surface area contributed by atoms with Gasteiger partial charge in [0.2, 0.25) is 0 Å². The van der Waals surface area contributed by atoms with Crippen molar-refractivity contribution >= 4 is 17.4 Å². The predicted octanol–water partition coefficient (Wildman–Crippen LogP) is 1.22. The maximum absolute atomic E-state index is 10.9. The summed E-state index contributed by atoms with van der Waals surface area (Å²) in [6, 6.07) is 4.07. The van der Waals surface area contributed by atoms with Crippen molar-refractivity contribution in [3.63, 3.8) is 0 Å². The van der Waals surface area contributed by atoms with E-state index in [1.807, 2.05) is 0 Å². The smallest absolute Gasteiger partial charge is 0.188 e. The Kier molecular flexibility index (Phi) is 2.68. The molecular weight excluding hydrogens is 180 g/mol. The minimum atomic E-state index is -0.568. The highest BCUT2D eigenvalue weighted by molar-refractivity contribution is 6.32. The third-order valence-electron chi connectivity index (χ3n) is 1.41. The van der Waals surface area contributed by atoms with Crippen LogP contribution >= 0.6 is 11.6 Å². The van der Waals surface area contributed by atoms with Crippen LogP contribution in [0.2, 0.25) is 5.02 Å². The number of ketones is 1. The lowest BCUT2D eigenvalue weighted by molar-refractivity contribution is 0.0903. The van der Waals surface area contributed by atoms with Gasteiger partial charge in [-0.25, -0.2) is 0 Å². The molecule has 0 aliphatic rings. The van der Waals surface area contributed by atoms with Crippen molar-refractivity contribution in [2.24, 2.45) is 0 Å². The van der Waals surface area contributed by atoms with E-state index >= 15 is 0 Å². The molecule has 0 unspecified atom stereocenters. The molecule has 0 aliphatic carbocycles. The van der Waals surface area contributed by atoms with E-state index < -0.39 is 12.4 Å². The zero-order valence-corrected chi connectivity index (χ0v) is 6.88. The SMILES string of the molecule is O=C(CO)c1ccc(Cl)c(O)c1. The molecule has 0 atom stereocenters. The van der Waals surface area contributed by atoms with Crippen molar-refractivity contribution in [2.45, 2.75) is 0 Å². The molecule has 0 fully saturated rings. The van der Waals surface area contributed by atoms with Gasteiger partial charge in [0.05, 0.1) is 5.02 Å². The lowest BCUT2D eigenvalue weighted by atomic mass is 10.1. The van der Waals surface area contributed by atoms with Gasteiger partial charge in [0, 0.05) is 5.56 Å². The molecule has 0 saturated carbocycles. The molecule has 2 N–H and O–H groups in total. The zero-order chi connectivity index (χ0) is 9.14. The molecule has 0 spiro atoms. The molecule has 0 aromatic heterocycles. The van der Waals surface area contributed by atoms with Crippen molar-refractivity contribution in [1.29, 1.82) is 0 Å². The van der Waals surface area contributed by atoms with E-state index in [1.54, 1.807) is 0 Å². The molecule has 64 valence electrons. The van der Waals surface area contributed by atoms with Gasteiger partial charge >= 0.3 is 0 Å². The number of carbonyl (C=O) groups is 1. The van der Waals surface area contributed by atoms with E-state index in [2.05, 4.69) is 0 Å². The van der Waals surface area contributed by atoms with Crippen LogP contribution in [0.15, 0.2) is 18.2 Å². The second kappa shape index (κ2) is 3.56.